The van der Waals surface area contributed by atoms with E-state index >= 15 is 0 Å². The number of benzene rings is 2. The molecule has 0 aromatic heterocycles. The smallest absolute Gasteiger partial charge is 0.414 e. The molecule has 1 atom stereocenters. The van der Waals surface area contributed by atoms with E-state index in [2.05, 4.69) is 5.32 Å². The summed E-state index contributed by atoms with van der Waals surface area (Å²) in [6.45, 7) is 0. The minimum atomic E-state index is -0.390. The molecule has 7 heteroatoms. The van der Waals surface area contributed by atoms with Gasteiger partial charge in [-0.25, -0.2) is 4.79 Å². The number of hydrogen-bond acceptors (Lipinski definition) is 5. The average molecular weight is 409 g/mol. The Bertz CT molecular complexity index is 768. The zero-order valence-electron chi connectivity index (χ0n) is 17.0. The lowest BCUT2D eigenvalue weighted by Crippen LogP contribution is -2.25. The van der Waals surface area contributed by atoms with Gasteiger partial charge in [0, 0.05) is 20.1 Å². The molecular formula is C21H29ClN2O4. The molecule has 0 radical (unpaired) electrons. The van der Waals surface area contributed by atoms with Gasteiger partial charge in [0.2, 0.25) is 0 Å². The molecule has 0 spiro atoms. The molecule has 0 fully saturated rings. The fourth-order valence-corrected chi connectivity index (χ4v) is 2.81. The number of ether oxygens (including phenoxy) is 3. The summed E-state index contributed by atoms with van der Waals surface area (Å²) in [7, 11) is 8.51. The number of amides is 1. The molecule has 0 bridgehead atoms. The van der Waals surface area contributed by atoms with Crippen molar-refractivity contribution in [3.05, 3.63) is 53.6 Å². The summed E-state index contributed by atoms with van der Waals surface area (Å²) in [5.41, 5.74) is 2.24. The Hall–Kier alpha value is -2.44. The monoisotopic (exact) mass is 408 g/mol. The van der Waals surface area contributed by atoms with Crippen LogP contribution in [-0.4, -0.2) is 46.4 Å². The third-order valence-electron chi connectivity index (χ3n) is 4.35. The summed E-state index contributed by atoms with van der Waals surface area (Å²) >= 11 is 0. The van der Waals surface area contributed by atoms with Crippen molar-refractivity contribution < 1.29 is 19.0 Å². The second-order valence-corrected chi connectivity index (χ2v) is 6.40. The maximum atomic E-state index is 11.8. The fraction of sp³-hybridized carbons (Fsp3) is 0.381. The summed E-state index contributed by atoms with van der Waals surface area (Å²) in [6.07, 6.45) is 1.36. The highest BCUT2D eigenvalue weighted by molar-refractivity contribution is 5.85. The molecule has 28 heavy (non-hydrogen) atoms. The number of halogens is 1. The molecule has 2 aromatic carbocycles. The normalized spacial score (nSPS) is 11.2. The Morgan fingerprint density at radius 2 is 1.79 bits per heavy atom. The predicted molar refractivity (Wildman–Crippen MR) is 113 cm³/mol. The molecule has 0 saturated carbocycles. The van der Waals surface area contributed by atoms with Crippen LogP contribution in [0.1, 0.15) is 23.6 Å². The molecule has 154 valence electrons. The number of aryl methyl sites for hydroxylation is 1. The van der Waals surface area contributed by atoms with E-state index in [1.54, 1.807) is 34.4 Å². The number of carbonyl (C=O) groups is 1. The molecule has 0 aliphatic rings. The van der Waals surface area contributed by atoms with Crippen LogP contribution in [-0.2, 0) is 6.42 Å². The topological polar surface area (TPSA) is 60.0 Å². The standard InChI is InChI=1S/C21H28N2O4.ClH/c1-22-18(11-9-15-10-12-19(25-4)20(13-15)26-5)16-7-6-8-17(14-16)27-21(24)23(2)3;/h6-8,10,12-14,18,22H,9,11H2,1-5H3;1H. The van der Waals surface area contributed by atoms with Gasteiger partial charge >= 0.3 is 6.09 Å². The van der Waals surface area contributed by atoms with Gasteiger partial charge in [-0.1, -0.05) is 18.2 Å². The minimum Gasteiger partial charge on any atom is -0.493 e. The first-order chi connectivity index (χ1) is 13.0. The van der Waals surface area contributed by atoms with Gasteiger partial charge in [0.05, 0.1) is 14.2 Å². The van der Waals surface area contributed by atoms with E-state index in [1.165, 1.54) is 10.5 Å². The van der Waals surface area contributed by atoms with Crippen molar-refractivity contribution in [2.75, 3.05) is 35.4 Å². The van der Waals surface area contributed by atoms with Crippen molar-refractivity contribution in [3.8, 4) is 17.2 Å². The van der Waals surface area contributed by atoms with Gasteiger partial charge < -0.3 is 24.4 Å². The van der Waals surface area contributed by atoms with Gasteiger partial charge in [-0.3, -0.25) is 0 Å². The van der Waals surface area contributed by atoms with E-state index in [9.17, 15) is 4.79 Å². The zero-order chi connectivity index (χ0) is 19.8. The number of rotatable bonds is 8. The van der Waals surface area contributed by atoms with E-state index in [-0.39, 0.29) is 18.4 Å². The largest absolute Gasteiger partial charge is 0.493 e. The second-order valence-electron chi connectivity index (χ2n) is 6.40. The van der Waals surface area contributed by atoms with Crippen molar-refractivity contribution in [1.29, 1.82) is 0 Å². The number of methoxy groups -OCH3 is 2. The summed E-state index contributed by atoms with van der Waals surface area (Å²) in [6, 6.07) is 13.7. The molecule has 6 nitrogen and oxygen atoms in total. The lowest BCUT2D eigenvalue weighted by Gasteiger charge is -2.18. The van der Waals surface area contributed by atoms with Gasteiger partial charge in [-0.05, 0) is 55.3 Å². The zero-order valence-corrected chi connectivity index (χ0v) is 17.8. The van der Waals surface area contributed by atoms with E-state index in [0.29, 0.717) is 5.75 Å². The lowest BCUT2D eigenvalue weighted by molar-refractivity contribution is 0.172. The van der Waals surface area contributed by atoms with E-state index in [1.807, 2.05) is 43.4 Å². The molecule has 0 aliphatic carbocycles. The Kier molecular flexibility index (Phi) is 9.62. The third kappa shape index (κ3) is 6.32. The number of nitrogens with one attached hydrogen (secondary N) is 1. The summed E-state index contributed by atoms with van der Waals surface area (Å²) < 4.78 is 16.0. The molecule has 0 saturated heterocycles. The summed E-state index contributed by atoms with van der Waals surface area (Å²) in [4.78, 5) is 13.2. The lowest BCUT2D eigenvalue weighted by atomic mass is 9.98. The second kappa shape index (κ2) is 11.4. The molecular weight excluding hydrogens is 380 g/mol. The highest BCUT2D eigenvalue weighted by Gasteiger charge is 2.13. The molecule has 1 unspecified atom stereocenters. The quantitative estimate of drug-likeness (QED) is 0.713. The first-order valence-corrected chi connectivity index (χ1v) is 8.85. The summed E-state index contributed by atoms with van der Waals surface area (Å²) in [5.74, 6) is 1.99. The van der Waals surface area contributed by atoms with E-state index < -0.39 is 6.09 Å². The highest BCUT2D eigenvalue weighted by Crippen LogP contribution is 2.29. The minimum absolute atomic E-state index is 0. The van der Waals surface area contributed by atoms with Crippen LogP contribution in [0.4, 0.5) is 4.79 Å². The van der Waals surface area contributed by atoms with Crippen LogP contribution in [0.2, 0.25) is 0 Å². The maximum absolute atomic E-state index is 11.8. The van der Waals surface area contributed by atoms with Crippen molar-refractivity contribution in [2.45, 2.75) is 18.9 Å². The van der Waals surface area contributed by atoms with Crippen molar-refractivity contribution >= 4 is 18.5 Å². The SMILES string of the molecule is CNC(CCc1ccc(OC)c(OC)c1)c1cccc(OC(=O)N(C)C)c1.Cl. The molecule has 1 amide bonds. The van der Waals surface area contributed by atoms with Crippen LogP contribution in [0.15, 0.2) is 42.5 Å². The Labute approximate surface area is 173 Å². The van der Waals surface area contributed by atoms with Gasteiger partial charge in [0.25, 0.3) is 0 Å². The molecule has 2 rings (SSSR count). The number of nitrogens with zero attached hydrogens (tertiary/aromatic N) is 1. The highest BCUT2D eigenvalue weighted by atomic mass is 35.5. The van der Waals surface area contributed by atoms with E-state index in [0.717, 1.165) is 29.9 Å². The Morgan fingerprint density at radius 3 is 2.39 bits per heavy atom. The van der Waals surface area contributed by atoms with Crippen LogP contribution < -0.4 is 19.5 Å². The average Bonchev–Trinajstić information content (AvgIpc) is 2.68. The van der Waals surface area contributed by atoms with Crippen LogP contribution in [0.3, 0.4) is 0 Å². The van der Waals surface area contributed by atoms with Crippen LogP contribution >= 0.6 is 12.4 Å². The number of hydrogen-bond donors (Lipinski definition) is 1. The fourth-order valence-electron chi connectivity index (χ4n) is 2.81. The molecule has 1 N–H and O–H groups in total. The first kappa shape index (κ1) is 23.6. The van der Waals surface area contributed by atoms with Gasteiger partial charge in [0.1, 0.15) is 5.75 Å². The van der Waals surface area contributed by atoms with Crippen molar-refractivity contribution in [1.82, 2.24) is 10.2 Å². The van der Waals surface area contributed by atoms with Crippen LogP contribution in [0.25, 0.3) is 0 Å². The van der Waals surface area contributed by atoms with Gasteiger partial charge in [0.15, 0.2) is 11.5 Å². The molecule has 2 aromatic rings. The van der Waals surface area contributed by atoms with Crippen LogP contribution in [0, 0.1) is 0 Å². The third-order valence-corrected chi connectivity index (χ3v) is 4.35. The molecule has 0 aliphatic heterocycles. The van der Waals surface area contributed by atoms with E-state index in [4.69, 9.17) is 14.2 Å². The Morgan fingerprint density at radius 1 is 1.07 bits per heavy atom. The number of carbonyl (C=O) groups excluding carboxylic acids is 1. The maximum Gasteiger partial charge on any atom is 0.414 e. The predicted octanol–water partition coefficient (Wildman–Crippen LogP) is 4.08. The summed E-state index contributed by atoms with van der Waals surface area (Å²) in [5, 5.41) is 3.34. The molecule has 0 heterocycles. The van der Waals surface area contributed by atoms with Crippen molar-refractivity contribution in [2.24, 2.45) is 0 Å². The Balaban J connectivity index is 0.00000392. The first-order valence-electron chi connectivity index (χ1n) is 8.85. The van der Waals surface area contributed by atoms with Crippen LogP contribution in [0.5, 0.6) is 17.2 Å². The van der Waals surface area contributed by atoms with Gasteiger partial charge in [-0.15, -0.1) is 12.4 Å². The van der Waals surface area contributed by atoms with Gasteiger partial charge in [-0.2, -0.15) is 0 Å². The van der Waals surface area contributed by atoms with Crippen molar-refractivity contribution in [3.63, 3.8) is 0 Å².